The Balaban J connectivity index is 1.98. The van der Waals surface area contributed by atoms with Gasteiger partial charge in [-0.2, -0.15) is 0 Å². The summed E-state index contributed by atoms with van der Waals surface area (Å²) in [5.74, 6) is 0.304. The molecule has 1 saturated heterocycles. The third-order valence-electron chi connectivity index (χ3n) is 3.01. The second-order valence-electron chi connectivity index (χ2n) is 4.46. The molecule has 110 valence electrons. The van der Waals surface area contributed by atoms with Gasteiger partial charge in [-0.15, -0.1) is 0 Å². The van der Waals surface area contributed by atoms with E-state index in [0.29, 0.717) is 5.75 Å². The summed E-state index contributed by atoms with van der Waals surface area (Å²) in [5.41, 5.74) is -0.0705. The van der Waals surface area contributed by atoms with E-state index in [0.717, 1.165) is 0 Å². The normalized spacial score (nSPS) is 27.2. The van der Waals surface area contributed by atoms with Crippen LogP contribution >= 0.6 is 0 Å². The maximum absolute atomic E-state index is 10.5. The predicted octanol–water partition coefficient (Wildman–Crippen LogP) is -0.197. The maximum atomic E-state index is 10.5. The van der Waals surface area contributed by atoms with Crippen molar-refractivity contribution < 1.29 is 29.7 Å². The highest BCUT2D eigenvalue weighted by Gasteiger charge is 2.39. The van der Waals surface area contributed by atoms with Gasteiger partial charge in [0.05, 0.1) is 17.6 Å². The molecule has 0 aliphatic carbocycles. The number of hydrogen-bond donors (Lipinski definition) is 3. The van der Waals surface area contributed by atoms with Gasteiger partial charge in [-0.25, -0.2) is 0 Å². The van der Waals surface area contributed by atoms with Gasteiger partial charge < -0.3 is 24.8 Å². The van der Waals surface area contributed by atoms with Crippen LogP contribution in [0.5, 0.6) is 5.75 Å². The average Bonchev–Trinajstić information content (AvgIpc) is 2.80. The molecule has 1 heterocycles. The van der Waals surface area contributed by atoms with Crippen LogP contribution in [0.3, 0.4) is 0 Å². The number of aliphatic hydroxyl groups excluding tert-OH is 3. The molecule has 3 N–H and O–H groups in total. The Hall–Kier alpha value is -1.74. The van der Waals surface area contributed by atoms with Crippen LogP contribution in [0.4, 0.5) is 5.69 Å². The molecule has 0 amide bonds. The van der Waals surface area contributed by atoms with Crippen LogP contribution in [0.15, 0.2) is 24.3 Å². The molecule has 8 heteroatoms. The molecule has 2 rings (SSSR count). The number of nitrogens with zero attached hydrogens (tertiary/aromatic N) is 1. The third kappa shape index (κ3) is 3.23. The lowest BCUT2D eigenvalue weighted by atomic mass is 10.1. The van der Waals surface area contributed by atoms with E-state index in [9.17, 15) is 20.3 Å². The fourth-order valence-corrected chi connectivity index (χ4v) is 1.92. The summed E-state index contributed by atoms with van der Waals surface area (Å²) in [6.45, 7) is -0.471. The molecular formula is C12H15NO7. The summed E-state index contributed by atoms with van der Waals surface area (Å²) in [7, 11) is 0. The number of nitro benzene ring substituents is 1. The van der Waals surface area contributed by atoms with Crippen molar-refractivity contribution in [1.82, 2.24) is 0 Å². The smallest absolute Gasteiger partial charge is 0.269 e. The molecule has 0 aromatic heterocycles. The molecule has 0 saturated carbocycles. The van der Waals surface area contributed by atoms with Crippen molar-refractivity contribution in [1.29, 1.82) is 0 Å². The van der Waals surface area contributed by atoms with Crippen LogP contribution in [0.2, 0.25) is 0 Å². The summed E-state index contributed by atoms with van der Waals surface area (Å²) in [5, 5.41) is 38.5. The second-order valence-corrected chi connectivity index (χ2v) is 4.46. The van der Waals surface area contributed by atoms with Crippen molar-refractivity contribution in [2.75, 3.05) is 6.61 Å². The SMILES string of the molecule is O=[N+]([O-])c1ccc(O[C@@H]2O[C@@H]([C@H](O)CO)C[C@H]2O)cc1. The Morgan fingerprint density at radius 3 is 2.65 bits per heavy atom. The molecule has 1 aromatic rings. The van der Waals surface area contributed by atoms with Gasteiger partial charge >= 0.3 is 0 Å². The molecule has 0 bridgehead atoms. The van der Waals surface area contributed by atoms with E-state index < -0.39 is 36.1 Å². The van der Waals surface area contributed by atoms with Crippen LogP contribution in [0.25, 0.3) is 0 Å². The topological polar surface area (TPSA) is 122 Å². The third-order valence-corrected chi connectivity index (χ3v) is 3.01. The van der Waals surface area contributed by atoms with Gasteiger partial charge in [-0.3, -0.25) is 10.1 Å². The summed E-state index contributed by atoms with van der Waals surface area (Å²) < 4.78 is 10.7. The standard InChI is InChI=1S/C12H15NO7/c14-6-10(16)11-5-9(15)12(20-11)19-8-3-1-7(2-4-8)13(17)18/h1-4,9-12,14-16H,5-6H2/t9-,10-,11-,12-/m1/s1. The van der Waals surface area contributed by atoms with E-state index in [4.69, 9.17) is 14.6 Å². The summed E-state index contributed by atoms with van der Waals surface area (Å²) in [6.07, 6.45) is -3.59. The Morgan fingerprint density at radius 1 is 1.45 bits per heavy atom. The van der Waals surface area contributed by atoms with Gasteiger partial charge in [-0.05, 0) is 12.1 Å². The molecule has 1 aliphatic rings. The Morgan fingerprint density at radius 2 is 2.10 bits per heavy atom. The first-order chi connectivity index (χ1) is 9.51. The molecular weight excluding hydrogens is 270 g/mol. The van der Waals surface area contributed by atoms with Crippen molar-refractivity contribution in [3.8, 4) is 5.75 Å². The number of hydrogen-bond acceptors (Lipinski definition) is 7. The molecule has 0 unspecified atom stereocenters. The highest BCUT2D eigenvalue weighted by molar-refractivity contribution is 5.36. The van der Waals surface area contributed by atoms with Gasteiger partial charge in [0.1, 0.15) is 18.0 Å². The molecule has 1 fully saturated rings. The Kier molecular flexibility index (Phi) is 4.50. The lowest BCUT2D eigenvalue weighted by Gasteiger charge is -2.18. The molecule has 4 atom stereocenters. The first kappa shape index (κ1) is 14.7. The Labute approximate surface area is 114 Å². The molecule has 0 radical (unpaired) electrons. The van der Waals surface area contributed by atoms with Crippen molar-refractivity contribution in [2.24, 2.45) is 0 Å². The zero-order valence-corrected chi connectivity index (χ0v) is 10.5. The molecule has 1 aliphatic heterocycles. The number of nitro groups is 1. The van der Waals surface area contributed by atoms with Gasteiger partial charge in [0.2, 0.25) is 6.29 Å². The van der Waals surface area contributed by atoms with Crippen molar-refractivity contribution in [3.63, 3.8) is 0 Å². The highest BCUT2D eigenvalue weighted by atomic mass is 16.7. The summed E-state index contributed by atoms with van der Waals surface area (Å²) >= 11 is 0. The molecule has 0 spiro atoms. The second kappa shape index (κ2) is 6.14. The fraction of sp³-hybridized carbons (Fsp3) is 0.500. The van der Waals surface area contributed by atoms with Crippen LogP contribution in [-0.2, 0) is 4.74 Å². The number of benzene rings is 1. The van der Waals surface area contributed by atoms with Gasteiger partial charge in [0.15, 0.2) is 0 Å². The Bertz CT molecular complexity index is 463. The van der Waals surface area contributed by atoms with Crippen molar-refractivity contribution >= 4 is 5.69 Å². The predicted molar refractivity (Wildman–Crippen MR) is 66.1 cm³/mol. The minimum Gasteiger partial charge on any atom is -0.462 e. The zero-order chi connectivity index (χ0) is 14.7. The van der Waals surface area contributed by atoms with Crippen molar-refractivity contribution in [2.45, 2.75) is 31.0 Å². The van der Waals surface area contributed by atoms with Crippen LogP contribution in [0, 0.1) is 10.1 Å². The molecule has 20 heavy (non-hydrogen) atoms. The first-order valence-electron chi connectivity index (χ1n) is 6.05. The van der Waals surface area contributed by atoms with E-state index in [-0.39, 0.29) is 12.1 Å². The van der Waals surface area contributed by atoms with Crippen LogP contribution < -0.4 is 4.74 Å². The first-order valence-corrected chi connectivity index (χ1v) is 6.05. The molecule has 8 nitrogen and oxygen atoms in total. The van der Waals surface area contributed by atoms with Gasteiger partial charge in [-0.1, -0.05) is 0 Å². The number of rotatable bonds is 5. The van der Waals surface area contributed by atoms with E-state index in [1.165, 1.54) is 24.3 Å². The van der Waals surface area contributed by atoms with E-state index in [1.54, 1.807) is 0 Å². The minimum atomic E-state index is -1.09. The van der Waals surface area contributed by atoms with Crippen molar-refractivity contribution in [3.05, 3.63) is 34.4 Å². The van der Waals surface area contributed by atoms with Crippen LogP contribution in [0.1, 0.15) is 6.42 Å². The maximum Gasteiger partial charge on any atom is 0.269 e. The number of aliphatic hydroxyl groups is 3. The lowest BCUT2D eigenvalue weighted by Crippen LogP contribution is -2.31. The quantitative estimate of drug-likeness (QED) is 0.506. The van der Waals surface area contributed by atoms with E-state index in [1.807, 2.05) is 0 Å². The fourth-order valence-electron chi connectivity index (χ4n) is 1.92. The lowest BCUT2D eigenvalue weighted by molar-refractivity contribution is -0.384. The number of non-ortho nitro benzene ring substituents is 1. The summed E-state index contributed by atoms with van der Waals surface area (Å²) in [6, 6.07) is 5.33. The van der Waals surface area contributed by atoms with E-state index >= 15 is 0 Å². The van der Waals surface area contributed by atoms with Crippen LogP contribution in [-0.4, -0.2) is 51.5 Å². The zero-order valence-electron chi connectivity index (χ0n) is 10.5. The van der Waals surface area contributed by atoms with Gasteiger partial charge in [0, 0.05) is 18.6 Å². The van der Waals surface area contributed by atoms with Gasteiger partial charge in [0.25, 0.3) is 5.69 Å². The average molecular weight is 285 g/mol. The summed E-state index contributed by atoms with van der Waals surface area (Å²) in [4.78, 5) is 9.98. The molecule has 1 aromatic carbocycles. The number of ether oxygens (including phenoxy) is 2. The largest absolute Gasteiger partial charge is 0.462 e. The highest BCUT2D eigenvalue weighted by Crippen LogP contribution is 2.26. The minimum absolute atomic E-state index is 0.0705. The monoisotopic (exact) mass is 285 g/mol. The van der Waals surface area contributed by atoms with E-state index in [2.05, 4.69) is 0 Å².